The summed E-state index contributed by atoms with van der Waals surface area (Å²) in [6, 6.07) is 0. The fourth-order valence-corrected chi connectivity index (χ4v) is 2.57. The van der Waals surface area contributed by atoms with Crippen molar-refractivity contribution in [3.05, 3.63) is 16.5 Å². The van der Waals surface area contributed by atoms with Gasteiger partial charge in [-0.05, 0) is 13.8 Å². The Morgan fingerprint density at radius 1 is 1.50 bits per heavy atom. The standard InChI is InChI=1S/C13H20N2O2S/c1-5-9(16)12-10(14)11(17-4)13(18-12)15-7-6-8(2)3/h6,15H,5,7,14H2,1-4H3. The number of ether oxygens (including phenoxy) is 1. The Morgan fingerprint density at radius 3 is 2.67 bits per heavy atom. The number of methoxy groups -OCH3 is 1. The molecule has 0 amide bonds. The van der Waals surface area contributed by atoms with Crippen molar-refractivity contribution >= 4 is 27.8 Å². The van der Waals surface area contributed by atoms with E-state index in [4.69, 9.17) is 10.5 Å². The molecular weight excluding hydrogens is 248 g/mol. The Morgan fingerprint density at radius 2 is 2.17 bits per heavy atom. The first-order chi connectivity index (χ1) is 8.51. The van der Waals surface area contributed by atoms with Crippen LogP contribution in [-0.4, -0.2) is 19.4 Å². The summed E-state index contributed by atoms with van der Waals surface area (Å²) in [6.45, 7) is 6.59. The van der Waals surface area contributed by atoms with Crippen molar-refractivity contribution in [2.24, 2.45) is 0 Å². The second-order valence-corrected chi connectivity index (χ2v) is 5.17. The summed E-state index contributed by atoms with van der Waals surface area (Å²) >= 11 is 1.36. The Kier molecular flexibility index (Phi) is 5.22. The third kappa shape index (κ3) is 3.26. The predicted octanol–water partition coefficient (Wildman–Crippen LogP) is 3.31. The molecule has 0 spiro atoms. The van der Waals surface area contributed by atoms with E-state index in [-0.39, 0.29) is 5.78 Å². The number of nitrogen functional groups attached to an aromatic ring is 1. The van der Waals surface area contributed by atoms with E-state index in [9.17, 15) is 4.79 Å². The summed E-state index contributed by atoms with van der Waals surface area (Å²) in [5.41, 5.74) is 7.60. The summed E-state index contributed by atoms with van der Waals surface area (Å²) in [5, 5.41) is 4.03. The number of ketones is 1. The third-order valence-corrected chi connectivity index (χ3v) is 3.64. The largest absolute Gasteiger partial charge is 0.492 e. The maximum Gasteiger partial charge on any atom is 0.176 e. The molecule has 0 fully saturated rings. The van der Waals surface area contributed by atoms with Crippen LogP contribution in [0.2, 0.25) is 0 Å². The first-order valence-corrected chi connectivity index (χ1v) is 6.69. The van der Waals surface area contributed by atoms with Crippen molar-refractivity contribution in [1.29, 1.82) is 0 Å². The van der Waals surface area contributed by atoms with Crippen molar-refractivity contribution in [1.82, 2.24) is 0 Å². The van der Waals surface area contributed by atoms with Gasteiger partial charge in [-0.3, -0.25) is 4.79 Å². The molecule has 0 aliphatic heterocycles. The molecule has 18 heavy (non-hydrogen) atoms. The molecule has 1 aromatic rings. The van der Waals surface area contributed by atoms with Crippen molar-refractivity contribution in [2.45, 2.75) is 27.2 Å². The number of anilines is 2. The molecule has 0 aliphatic rings. The molecule has 100 valence electrons. The first kappa shape index (κ1) is 14.6. The molecule has 0 atom stereocenters. The van der Waals surface area contributed by atoms with Crippen LogP contribution < -0.4 is 15.8 Å². The minimum atomic E-state index is 0.0473. The molecule has 0 aromatic carbocycles. The van der Waals surface area contributed by atoms with Crippen molar-refractivity contribution in [3.8, 4) is 5.75 Å². The van der Waals surface area contributed by atoms with E-state index in [0.29, 0.717) is 29.3 Å². The van der Waals surface area contributed by atoms with Gasteiger partial charge in [-0.1, -0.05) is 18.6 Å². The van der Waals surface area contributed by atoms with Gasteiger partial charge in [-0.2, -0.15) is 0 Å². The van der Waals surface area contributed by atoms with Gasteiger partial charge in [0.2, 0.25) is 0 Å². The van der Waals surface area contributed by atoms with Crippen LogP contribution in [0, 0.1) is 0 Å². The highest BCUT2D eigenvalue weighted by molar-refractivity contribution is 7.19. The van der Waals surface area contributed by atoms with Crippen LogP contribution in [0.3, 0.4) is 0 Å². The number of nitrogens with two attached hydrogens (primary N) is 1. The number of hydrogen-bond acceptors (Lipinski definition) is 5. The second kappa shape index (κ2) is 6.44. The van der Waals surface area contributed by atoms with Gasteiger partial charge in [-0.15, -0.1) is 11.3 Å². The van der Waals surface area contributed by atoms with Crippen LogP contribution in [0.1, 0.15) is 36.9 Å². The zero-order chi connectivity index (χ0) is 13.7. The van der Waals surface area contributed by atoms with E-state index in [1.165, 1.54) is 16.9 Å². The Labute approximate surface area is 112 Å². The summed E-state index contributed by atoms with van der Waals surface area (Å²) in [7, 11) is 1.56. The predicted molar refractivity (Wildman–Crippen MR) is 77.8 cm³/mol. The molecular formula is C13H20N2O2S. The third-order valence-electron chi connectivity index (χ3n) is 2.45. The highest BCUT2D eigenvalue weighted by atomic mass is 32.1. The van der Waals surface area contributed by atoms with E-state index < -0.39 is 0 Å². The number of hydrogen-bond donors (Lipinski definition) is 2. The topological polar surface area (TPSA) is 64.3 Å². The lowest BCUT2D eigenvalue weighted by atomic mass is 10.2. The van der Waals surface area contributed by atoms with Crippen LogP contribution in [0.4, 0.5) is 10.7 Å². The van der Waals surface area contributed by atoms with Crippen LogP contribution in [-0.2, 0) is 0 Å². The van der Waals surface area contributed by atoms with Gasteiger partial charge in [-0.25, -0.2) is 0 Å². The zero-order valence-electron chi connectivity index (χ0n) is 11.3. The van der Waals surface area contributed by atoms with E-state index in [1.54, 1.807) is 7.11 Å². The first-order valence-electron chi connectivity index (χ1n) is 5.87. The molecule has 3 N–H and O–H groups in total. The monoisotopic (exact) mass is 268 g/mol. The van der Waals surface area contributed by atoms with Crippen LogP contribution in [0.15, 0.2) is 11.6 Å². The van der Waals surface area contributed by atoms with E-state index in [0.717, 1.165) is 5.00 Å². The SMILES string of the molecule is CCC(=O)c1sc(NCC=C(C)C)c(OC)c1N. The fraction of sp³-hybridized carbons (Fsp3) is 0.462. The highest BCUT2D eigenvalue weighted by Crippen LogP contribution is 2.42. The molecule has 1 heterocycles. The maximum absolute atomic E-state index is 11.7. The normalized spacial score (nSPS) is 10.0. The Hall–Kier alpha value is -1.49. The second-order valence-electron chi connectivity index (χ2n) is 4.15. The number of carbonyl (C=O) groups excluding carboxylic acids is 1. The smallest absolute Gasteiger partial charge is 0.176 e. The molecule has 1 aromatic heterocycles. The summed E-state index contributed by atoms with van der Waals surface area (Å²) in [6.07, 6.45) is 2.51. The maximum atomic E-state index is 11.7. The van der Waals surface area contributed by atoms with E-state index >= 15 is 0 Å². The van der Waals surface area contributed by atoms with Gasteiger partial charge in [0.05, 0.1) is 17.7 Å². The lowest BCUT2D eigenvalue weighted by Gasteiger charge is -2.04. The molecule has 0 bridgehead atoms. The molecule has 4 nitrogen and oxygen atoms in total. The Bertz CT molecular complexity index is 460. The number of nitrogens with one attached hydrogen (secondary N) is 1. The van der Waals surface area contributed by atoms with E-state index in [1.807, 2.05) is 20.8 Å². The summed E-state index contributed by atoms with van der Waals surface area (Å²) in [5.74, 6) is 0.616. The van der Waals surface area contributed by atoms with Gasteiger partial charge in [0.1, 0.15) is 5.00 Å². The average molecular weight is 268 g/mol. The molecule has 0 aliphatic carbocycles. The van der Waals surface area contributed by atoms with Gasteiger partial charge in [0, 0.05) is 13.0 Å². The van der Waals surface area contributed by atoms with Crippen LogP contribution in [0.5, 0.6) is 5.75 Å². The van der Waals surface area contributed by atoms with E-state index in [2.05, 4.69) is 11.4 Å². The summed E-state index contributed by atoms with van der Waals surface area (Å²) in [4.78, 5) is 12.3. The molecule has 5 heteroatoms. The zero-order valence-corrected chi connectivity index (χ0v) is 12.1. The molecule has 0 saturated heterocycles. The number of carbonyl (C=O) groups is 1. The lowest BCUT2D eigenvalue weighted by Crippen LogP contribution is -2.00. The molecule has 0 unspecified atom stereocenters. The van der Waals surface area contributed by atoms with Crippen molar-refractivity contribution < 1.29 is 9.53 Å². The fourth-order valence-electron chi connectivity index (χ4n) is 1.46. The highest BCUT2D eigenvalue weighted by Gasteiger charge is 2.20. The molecule has 0 saturated carbocycles. The van der Waals surface area contributed by atoms with Crippen LogP contribution >= 0.6 is 11.3 Å². The number of rotatable bonds is 6. The van der Waals surface area contributed by atoms with Crippen LogP contribution in [0.25, 0.3) is 0 Å². The minimum absolute atomic E-state index is 0.0473. The van der Waals surface area contributed by atoms with Crippen molar-refractivity contribution in [2.75, 3.05) is 24.7 Å². The van der Waals surface area contributed by atoms with Gasteiger partial charge >= 0.3 is 0 Å². The quantitative estimate of drug-likeness (QED) is 0.613. The number of allylic oxidation sites excluding steroid dienone is 1. The summed E-state index contributed by atoms with van der Waals surface area (Å²) < 4.78 is 5.26. The van der Waals surface area contributed by atoms with Gasteiger partial charge < -0.3 is 15.8 Å². The number of thiophene rings is 1. The Balaban J connectivity index is 2.97. The van der Waals surface area contributed by atoms with Crippen molar-refractivity contribution in [3.63, 3.8) is 0 Å². The van der Waals surface area contributed by atoms with Gasteiger partial charge in [0.15, 0.2) is 11.5 Å². The van der Waals surface area contributed by atoms with Gasteiger partial charge in [0.25, 0.3) is 0 Å². The molecule has 1 rings (SSSR count). The average Bonchev–Trinajstić information content (AvgIpc) is 2.64. The molecule has 0 radical (unpaired) electrons. The number of Topliss-reactive ketones (excluding diaryl/α,β-unsaturated/α-hetero) is 1. The minimum Gasteiger partial charge on any atom is -0.492 e. The lowest BCUT2D eigenvalue weighted by molar-refractivity contribution is 0.0992.